The molecule has 0 unspecified atom stereocenters. The van der Waals surface area contributed by atoms with E-state index < -0.39 is 10.0 Å². The molecule has 96 valence electrons. The van der Waals surface area contributed by atoms with Gasteiger partial charge in [0.25, 0.3) is 0 Å². The Bertz CT molecular complexity index is 485. The van der Waals surface area contributed by atoms with Gasteiger partial charge < -0.3 is 10.5 Å². The van der Waals surface area contributed by atoms with Crippen LogP contribution in [0.3, 0.4) is 0 Å². The topological polar surface area (TPSA) is 81.4 Å². The highest BCUT2D eigenvalue weighted by molar-refractivity contribution is 7.89. The summed E-state index contributed by atoms with van der Waals surface area (Å²) in [6.45, 7) is 3.77. The van der Waals surface area contributed by atoms with E-state index in [0.29, 0.717) is 5.75 Å². The lowest BCUT2D eigenvalue weighted by Crippen LogP contribution is -2.37. The number of hydrogen-bond donors (Lipinski definition) is 2. The van der Waals surface area contributed by atoms with Gasteiger partial charge in [-0.2, -0.15) is 0 Å². The zero-order chi connectivity index (χ0) is 13.1. The molecule has 0 aromatic heterocycles. The van der Waals surface area contributed by atoms with Crippen LogP contribution in [0.4, 0.5) is 0 Å². The fourth-order valence-corrected chi connectivity index (χ4v) is 2.74. The van der Waals surface area contributed by atoms with E-state index >= 15 is 0 Å². The predicted octanol–water partition coefficient (Wildman–Crippen LogP) is 0.629. The molecule has 1 rings (SSSR count). The van der Waals surface area contributed by atoms with Gasteiger partial charge in [0.15, 0.2) is 0 Å². The van der Waals surface area contributed by atoms with Crippen LogP contribution in [0.25, 0.3) is 0 Å². The minimum atomic E-state index is -3.50. The molecule has 0 aliphatic rings. The van der Waals surface area contributed by atoms with Gasteiger partial charge in [-0.15, -0.1) is 0 Å². The zero-order valence-corrected chi connectivity index (χ0v) is 11.0. The van der Waals surface area contributed by atoms with Crippen molar-refractivity contribution in [3.8, 4) is 5.75 Å². The molecule has 0 heterocycles. The van der Waals surface area contributed by atoms with Crippen LogP contribution in [-0.2, 0) is 10.0 Å². The summed E-state index contributed by atoms with van der Waals surface area (Å²) < 4.78 is 31.5. The largest absolute Gasteiger partial charge is 0.496 e. The van der Waals surface area contributed by atoms with Gasteiger partial charge in [0, 0.05) is 12.6 Å². The van der Waals surface area contributed by atoms with Crippen LogP contribution in [0.5, 0.6) is 5.75 Å². The van der Waals surface area contributed by atoms with Crippen LogP contribution >= 0.6 is 0 Å². The lowest BCUT2D eigenvalue weighted by molar-refractivity contribution is 0.411. The number of nitrogens with two attached hydrogens (primary N) is 1. The molecule has 0 saturated carbocycles. The third kappa shape index (κ3) is 3.42. The number of ether oxygens (including phenoxy) is 1. The van der Waals surface area contributed by atoms with E-state index in [1.54, 1.807) is 33.1 Å². The number of rotatable bonds is 5. The molecule has 0 aliphatic heterocycles. The molecule has 0 saturated heterocycles. The second kappa shape index (κ2) is 5.48. The van der Waals surface area contributed by atoms with Crippen LogP contribution in [0.1, 0.15) is 12.5 Å². The molecule has 3 N–H and O–H groups in total. The van der Waals surface area contributed by atoms with Crippen LogP contribution in [0, 0.1) is 6.92 Å². The van der Waals surface area contributed by atoms with Gasteiger partial charge in [0.2, 0.25) is 10.0 Å². The number of nitrogens with one attached hydrogen (secondary N) is 1. The minimum Gasteiger partial charge on any atom is -0.496 e. The first-order chi connectivity index (χ1) is 7.90. The SMILES string of the molecule is COc1ccc(S(=O)(=O)N[C@@H](C)CN)cc1C. The van der Waals surface area contributed by atoms with Crippen molar-refractivity contribution in [2.24, 2.45) is 5.73 Å². The van der Waals surface area contributed by atoms with Gasteiger partial charge in [0.05, 0.1) is 12.0 Å². The lowest BCUT2D eigenvalue weighted by atomic mass is 10.2. The van der Waals surface area contributed by atoms with Crippen molar-refractivity contribution in [1.29, 1.82) is 0 Å². The van der Waals surface area contributed by atoms with E-state index in [-0.39, 0.29) is 17.5 Å². The van der Waals surface area contributed by atoms with Gasteiger partial charge in [0.1, 0.15) is 5.75 Å². The van der Waals surface area contributed by atoms with Crippen molar-refractivity contribution in [3.05, 3.63) is 23.8 Å². The Labute approximate surface area is 102 Å². The Balaban J connectivity index is 3.04. The molecule has 17 heavy (non-hydrogen) atoms. The molecular weight excluding hydrogens is 240 g/mol. The summed E-state index contributed by atoms with van der Waals surface area (Å²) >= 11 is 0. The molecule has 6 heteroatoms. The van der Waals surface area contributed by atoms with Gasteiger partial charge in [-0.1, -0.05) is 0 Å². The second-order valence-electron chi connectivity index (χ2n) is 3.89. The van der Waals surface area contributed by atoms with E-state index in [9.17, 15) is 8.42 Å². The number of sulfonamides is 1. The molecule has 0 amide bonds. The predicted molar refractivity (Wildman–Crippen MR) is 66.6 cm³/mol. The maximum Gasteiger partial charge on any atom is 0.240 e. The third-order valence-electron chi connectivity index (χ3n) is 2.39. The summed E-state index contributed by atoms with van der Waals surface area (Å²) in [5.74, 6) is 0.663. The normalized spacial score (nSPS) is 13.4. The van der Waals surface area contributed by atoms with E-state index in [2.05, 4.69) is 4.72 Å². The molecule has 1 atom stereocenters. The average molecular weight is 258 g/mol. The van der Waals surface area contributed by atoms with Crippen molar-refractivity contribution >= 4 is 10.0 Å². The maximum absolute atomic E-state index is 11.9. The molecule has 0 spiro atoms. The summed E-state index contributed by atoms with van der Waals surface area (Å²) in [6.07, 6.45) is 0. The first-order valence-corrected chi connectivity index (χ1v) is 6.76. The molecule has 0 aliphatic carbocycles. The van der Waals surface area contributed by atoms with Crippen molar-refractivity contribution < 1.29 is 13.2 Å². The van der Waals surface area contributed by atoms with E-state index in [0.717, 1.165) is 5.56 Å². The van der Waals surface area contributed by atoms with Gasteiger partial charge in [-0.25, -0.2) is 13.1 Å². The number of aryl methyl sites for hydroxylation is 1. The van der Waals surface area contributed by atoms with Crippen LogP contribution in [0.2, 0.25) is 0 Å². The average Bonchev–Trinajstić information content (AvgIpc) is 2.28. The maximum atomic E-state index is 11.9. The lowest BCUT2D eigenvalue weighted by Gasteiger charge is -2.13. The summed E-state index contributed by atoms with van der Waals surface area (Å²) in [5.41, 5.74) is 6.16. The van der Waals surface area contributed by atoms with Gasteiger partial charge >= 0.3 is 0 Å². The number of methoxy groups -OCH3 is 1. The van der Waals surface area contributed by atoms with Crippen molar-refractivity contribution in [1.82, 2.24) is 4.72 Å². The quantitative estimate of drug-likeness (QED) is 0.811. The highest BCUT2D eigenvalue weighted by atomic mass is 32.2. The Morgan fingerprint density at radius 2 is 2.12 bits per heavy atom. The van der Waals surface area contributed by atoms with Crippen molar-refractivity contribution in [3.63, 3.8) is 0 Å². The highest BCUT2D eigenvalue weighted by Crippen LogP contribution is 2.21. The first kappa shape index (κ1) is 14.0. The highest BCUT2D eigenvalue weighted by Gasteiger charge is 2.17. The zero-order valence-electron chi connectivity index (χ0n) is 10.2. The molecule has 0 bridgehead atoms. The van der Waals surface area contributed by atoms with E-state index in [1.165, 1.54) is 6.07 Å². The molecule has 0 fully saturated rings. The summed E-state index contributed by atoms with van der Waals surface area (Å²) in [6, 6.07) is 4.43. The molecule has 1 aromatic carbocycles. The minimum absolute atomic E-state index is 0.219. The smallest absolute Gasteiger partial charge is 0.240 e. The van der Waals surface area contributed by atoms with Crippen LogP contribution in [0.15, 0.2) is 23.1 Å². The fourth-order valence-electron chi connectivity index (χ4n) is 1.40. The molecule has 5 nitrogen and oxygen atoms in total. The Morgan fingerprint density at radius 3 is 2.59 bits per heavy atom. The Morgan fingerprint density at radius 1 is 1.47 bits per heavy atom. The Kier molecular flexibility index (Phi) is 4.50. The van der Waals surface area contributed by atoms with Crippen molar-refractivity contribution in [2.45, 2.75) is 24.8 Å². The first-order valence-electron chi connectivity index (χ1n) is 5.27. The Hall–Kier alpha value is -1.11. The monoisotopic (exact) mass is 258 g/mol. The second-order valence-corrected chi connectivity index (χ2v) is 5.60. The summed E-state index contributed by atoms with van der Waals surface area (Å²) in [4.78, 5) is 0.219. The van der Waals surface area contributed by atoms with E-state index in [4.69, 9.17) is 10.5 Å². The van der Waals surface area contributed by atoms with E-state index in [1.807, 2.05) is 0 Å². The van der Waals surface area contributed by atoms with Crippen molar-refractivity contribution in [2.75, 3.05) is 13.7 Å². The van der Waals surface area contributed by atoms with Gasteiger partial charge in [-0.05, 0) is 37.6 Å². The number of hydrogen-bond acceptors (Lipinski definition) is 4. The number of benzene rings is 1. The van der Waals surface area contributed by atoms with Crippen LogP contribution < -0.4 is 15.2 Å². The molecular formula is C11H18N2O3S. The standard InChI is InChI=1S/C11H18N2O3S/c1-8-6-10(4-5-11(8)16-3)17(14,15)13-9(2)7-12/h4-6,9,13H,7,12H2,1-3H3/t9-/m0/s1. The molecule has 1 aromatic rings. The van der Waals surface area contributed by atoms with Crippen LogP contribution in [-0.4, -0.2) is 28.1 Å². The molecule has 0 radical (unpaired) electrons. The fraction of sp³-hybridized carbons (Fsp3) is 0.455. The van der Waals surface area contributed by atoms with Gasteiger partial charge in [-0.3, -0.25) is 0 Å². The third-order valence-corrected chi connectivity index (χ3v) is 3.97. The summed E-state index contributed by atoms with van der Waals surface area (Å²) in [5, 5.41) is 0. The summed E-state index contributed by atoms with van der Waals surface area (Å²) in [7, 11) is -1.96.